The van der Waals surface area contributed by atoms with E-state index >= 15 is 0 Å². The van der Waals surface area contributed by atoms with Crippen LogP contribution in [-0.4, -0.2) is 76.5 Å². The molecule has 1 aromatic rings. The molecule has 2 aliphatic heterocycles. The third-order valence-corrected chi connectivity index (χ3v) is 4.42. The summed E-state index contributed by atoms with van der Waals surface area (Å²) in [4.78, 5) is 15.9. The number of H-pyrrole nitrogens is 1. The van der Waals surface area contributed by atoms with Gasteiger partial charge >= 0.3 is 5.97 Å². The minimum Gasteiger partial charge on any atom is -0.477 e. The second-order valence-corrected chi connectivity index (χ2v) is 6.16. The first kappa shape index (κ1) is 15.5. The number of likely N-dealkylation sites (tertiary alicyclic amines) is 1. The molecule has 0 spiro atoms. The highest BCUT2D eigenvalue weighted by molar-refractivity contribution is 5.86. The summed E-state index contributed by atoms with van der Waals surface area (Å²) < 4.78 is 5.97. The minimum absolute atomic E-state index is 0.196. The Bertz CT molecular complexity index is 499. The molecule has 3 rings (SSSR count). The maximum absolute atomic E-state index is 11.2. The van der Waals surface area contributed by atoms with Gasteiger partial charge in [0.2, 0.25) is 0 Å². The quantitative estimate of drug-likeness (QED) is 0.837. The highest BCUT2D eigenvalue weighted by Gasteiger charge is 2.24. The molecule has 0 saturated carbocycles. The maximum atomic E-state index is 11.2. The zero-order valence-corrected chi connectivity index (χ0v) is 12.8. The first-order valence-electron chi connectivity index (χ1n) is 8.04. The van der Waals surface area contributed by atoms with Gasteiger partial charge in [-0.1, -0.05) is 0 Å². The largest absolute Gasteiger partial charge is 0.477 e. The Morgan fingerprint density at radius 2 is 2.09 bits per heavy atom. The van der Waals surface area contributed by atoms with Crippen molar-refractivity contribution < 1.29 is 14.6 Å². The second-order valence-electron chi connectivity index (χ2n) is 6.16. The first-order valence-corrected chi connectivity index (χ1v) is 8.04. The standard InChI is InChI=1S/C15H24N4O3/c20-15(21)14-12(8-16-17-14)9-19-6-3-7-22-13(11-19)10-18-4-1-2-5-18/h8,13H,1-7,9-11H2,(H,16,17)(H,20,21)/t13-/m1/s1. The minimum atomic E-state index is -0.952. The van der Waals surface area contributed by atoms with Crippen molar-refractivity contribution in [3.63, 3.8) is 0 Å². The van der Waals surface area contributed by atoms with E-state index < -0.39 is 5.97 Å². The molecule has 0 radical (unpaired) electrons. The number of nitrogens with one attached hydrogen (secondary N) is 1. The average Bonchev–Trinajstić information content (AvgIpc) is 3.09. The van der Waals surface area contributed by atoms with E-state index in [4.69, 9.17) is 9.84 Å². The van der Waals surface area contributed by atoms with Gasteiger partial charge in [0.05, 0.1) is 12.3 Å². The zero-order chi connectivity index (χ0) is 15.4. The van der Waals surface area contributed by atoms with Crippen LogP contribution in [0.25, 0.3) is 0 Å². The molecular weight excluding hydrogens is 284 g/mol. The van der Waals surface area contributed by atoms with Gasteiger partial charge in [-0.25, -0.2) is 4.79 Å². The van der Waals surface area contributed by atoms with Gasteiger partial charge in [0, 0.05) is 38.3 Å². The fourth-order valence-electron chi connectivity index (χ4n) is 3.33. The van der Waals surface area contributed by atoms with E-state index in [1.807, 2.05) is 0 Å². The highest BCUT2D eigenvalue weighted by atomic mass is 16.5. The first-order chi connectivity index (χ1) is 10.7. The number of aromatic amines is 1. The summed E-state index contributed by atoms with van der Waals surface area (Å²) in [5, 5.41) is 15.6. The molecule has 0 aromatic carbocycles. The average molecular weight is 308 g/mol. The zero-order valence-electron chi connectivity index (χ0n) is 12.8. The molecule has 2 N–H and O–H groups in total. The van der Waals surface area contributed by atoms with Crippen LogP contribution in [0.2, 0.25) is 0 Å². The van der Waals surface area contributed by atoms with E-state index in [1.54, 1.807) is 6.20 Å². The molecule has 22 heavy (non-hydrogen) atoms. The summed E-state index contributed by atoms with van der Waals surface area (Å²) in [5.74, 6) is -0.952. The van der Waals surface area contributed by atoms with E-state index in [1.165, 1.54) is 25.9 Å². The Morgan fingerprint density at radius 1 is 1.32 bits per heavy atom. The summed E-state index contributed by atoms with van der Waals surface area (Å²) >= 11 is 0. The van der Waals surface area contributed by atoms with Crippen molar-refractivity contribution in [3.05, 3.63) is 17.5 Å². The number of carbonyl (C=O) groups is 1. The lowest BCUT2D eigenvalue weighted by molar-refractivity contribution is 0.0307. The van der Waals surface area contributed by atoms with Crippen LogP contribution in [0.5, 0.6) is 0 Å². The third-order valence-electron chi connectivity index (χ3n) is 4.42. The van der Waals surface area contributed by atoms with Gasteiger partial charge < -0.3 is 14.7 Å². The van der Waals surface area contributed by atoms with Crippen LogP contribution in [0.1, 0.15) is 35.3 Å². The topological polar surface area (TPSA) is 81.7 Å². The Balaban J connectivity index is 1.59. The number of rotatable bonds is 5. The lowest BCUT2D eigenvalue weighted by Gasteiger charge is -2.26. The molecule has 1 atom stereocenters. The van der Waals surface area contributed by atoms with Gasteiger partial charge in [0.25, 0.3) is 0 Å². The van der Waals surface area contributed by atoms with Crippen molar-refractivity contribution >= 4 is 5.97 Å². The fraction of sp³-hybridized carbons (Fsp3) is 0.733. The van der Waals surface area contributed by atoms with Crippen molar-refractivity contribution in [3.8, 4) is 0 Å². The van der Waals surface area contributed by atoms with Crippen LogP contribution in [0.3, 0.4) is 0 Å². The second kappa shape index (κ2) is 7.21. The van der Waals surface area contributed by atoms with Crippen LogP contribution in [0, 0.1) is 0 Å². The Hall–Kier alpha value is -1.44. The predicted molar refractivity (Wildman–Crippen MR) is 80.9 cm³/mol. The van der Waals surface area contributed by atoms with Crippen LogP contribution < -0.4 is 0 Å². The molecule has 7 heteroatoms. The van der Waals surface area contributed by atoms with Gasteiger partial charge in [-0.2, -0.15) is 5.10 Å². The van der Waals surface area contributed by atoms with Gasteiger partial charge in [-0.15, -0.1) is 0 Å². The smallest absolute Gasteiger partial charge is 0.354 e. The summed E-state index contributed by atoms with van der Waals surface area (Å²) in [6.45, 7) is 6.49. The molecule has 1 aromatic heterocycles. The lowest BCUT2D eigenvalue weighted by Crippen LogP contribution is -2.39. The maximum Gasteiger partial charge on any atom is 0.354 e. The summed E-state index contributed by atoms with van der Waals surface area (Å²) in [6.07, 6.45) is 5.38. The van der Waals surface area contributed by atoms with Crippen molar-refractivity contribution in [1.82, 2.24) is 20.0 Å². The van der Waals surface area contributed by atoms with E-state index in [9.17, 15) is 4.79 Å². The van der Waals surface area contributed by atoms with E-state index in [-0.39, 0.29) is 11.8 Å². The summed E-state index contributed by atoms with van der Waals surface area (Å²) in [5.41, 5.74) is 0.940. The van der Waals surface area contributed by atoms with Gasteiger partial charge in [0.1, 0.15) is 5.69 Å². The Kier molecular flexibility index (Phi) is 5.07. The molecule has 7 nitrogen and oxygen atoms in total. The van der Waals surface area contributed by atoms with E-state index in [2.05, 4.69) is 20.0 Å². The molecule has 3 heterocycles. The third kappa shape index (κ3) is 3.85. The van der Waals surface area contributed by atoms with Gasteiger partial charge in [-0.05, 0) is 32.4 Å². The molecular formula is C15H24N4O3. The number of ether oxygens (including phenoxy) is 1. The molecule has 2 saturated heterocycles. The molecule has 0 aliphatic carbocycles. The van der Waals surface area contributed by atoms with Crippen molar-refractivity contribution in [1.29, 1.82) is 0 Å². The SMILES string of the molecule is O=C(O)c1[nH]ncc1CN1CCCO[C@H](CN2CCCC2)C1. The number of aromatic nitrogens is 2. The van der Waals surface area contributed by atoms with E-state index in [0.29, 0.717) is 6.54 Å². The molecule has 0 amide bonds. The molecule has 0 unspecified atom stereocenters. The lowest BCUT2D eigenvalue weighted by atomic mass is 10.2. The predicted octanol–water partition coefficient (Wildman–Crippen LogP) is 0.795. The molecule has 2 aliphatic rings. The molecule has 0 bridgehead atoms. The molecule has 122 valence electrons. The van der Waals surface area contributed by atoms with E-state index in [0.717, 1.165) is 38.2 Å². The Morgan fingerprint density at radius 3 is 2.86 bits per heavy atom. The number of carboxylic acids is 1. The van der Waals surface area contributed by atoms with Crippen molar-refractivity contribution in [2.75, 3.05) is 39.3 Å². The number of nitrogens with zero attached hydrogens (tertiary/aromatic N) is 3. The van der Waals surface area contributed by atoms with Gasteiger partial charge in [0.15, 0.2) is 0 Å². The van der Waals surface area contributed by atoms with Crippen LogP contribution in [0.15, 0.2) is 6.20 Å². The number of hydrogen-bond acceptors (Lipinski definition) is 5. The van der Waals surface area contributed by atoms with Crippen LogP contribution >= 0.6 is 0 Å². The number of hydrogen-bond donors (Lipinski definition) is 2. The highest BCUT2D eigenvalue weighted by Crippen LogP contribution is 2.15. The van der Waals surface area contributed by atoms with Crippen LogP contribution in [-0.2, 0) is 11.3 Å². The van der Waals surface area contributed by atoms with Crippen LogP contribution in [0.4, 0.5) is 0 Å². The van der Waals surface area contributed by atoms with Gasteiger partial charge in [-0.3, -0.25) is 10.00 Å². The van der Waals surface area contributed by atoms with Crippen molar-refractivity contribution in [2.45, 2.75) is 31.9 Å². The Labute approximate surface area is 130 Å². The van der Waals surface area contributed by atoms with Crippen molar-refractivity contribution in [2.24, 2.45) is 0 Å². The monoisotopic (exact) mass is 308 g/mol. The summed E-state index contributed by atoms with van der Waals surface area (Å²) in [6, 6.07) is 0. The number of carboxylic acid groups (broad SMARTS) is 1. The fourth-order valence-corrected chi connectivity index (χ4v) is 3.33. The molecule has 2 fully saturated rings. The summed E-state index contributed by atoms with van der Waals surface area (Å²) in [7, 11) is 0. The number of aromatic carboxylic acids is 1. The normalized spacial score (nSPS) is 24.5.